The number of rotatable bonds is 4. The van der Waals surface area contributed by atoms with Crippen molar-refractivity contribution in [2.45, 2.75) is 51.1 Å². The zero-order valence-electron chi connectivity index (χ0n) is 11.1. The first kappa shape index (κ1) is 13.5. The molecule has 1 aromatic rings. The Bertz CT molecular complexity index is 408. The molecule has 0 N–H and O–H groups in total. The highest BCUT2D eigenvalue weighted by Gasteiger charge is 2.21. The van der Waals surface area contributed by atoms with E-state index in [0.29, 0.717) is 11.5 Å². The summed E-state index contributed by atoms with van der Waals surface area (Å²) in [6.45, 7) is 3.92. The van der Waals surface area contributed by atoms with Crippen molar-refractivity contribution < 1.29 is 4.79 Å². The van der Waals surface area contributed by atoms with Gasteiger partial charge in [0, 0.05) is 17.3 Å². The lowest BCUT2D eigenvalue weighted by molar-refractivity contribution is -0.121. The monoisotopic (exact) mass is 264 g/mol. The number of ketones is 1. The topological polar surface area (TPSA) is 42.9 Å². The van der Waals surface area contributed by atoms with Crippen LogP contribution < -0.4 is 0 Å². The predicted molar refractivity (Wildman–Crippen MR) is 73.8 cm³/mol. The number of nitrogens with zero attached hydrogens (tertiary/aromatic N) is 2. The van der Waals surface area contributed by atoms with Gasteiger partial charge in [-0.15, -0.1) is 0 Å². The second kappa shape index (κ2) is 6.32. The van der Waals surface area contributed by atoms with Crippen molar-refractivity contribution in [2.75, 3.05) is 5.75 Å². The molecule has 0 saturated heterocycles. The third kappa shape index (κ3) is 3.80. The molecule has 3 nitrogen and oxygen atoms in total. The van der Waals surface area contributed by atoms with Crippen LogP contribution in [0.2, 0.25) is 0 Å². The van der Waals surface area contributed by atoms with Crippen LogP contribution in [0.1, 0.15) is 43.5 Å². The minimum absolute atomic E-state index is 0.289. The van der Waals surface area contributed by atoms with Gasteiger partial charge in [-0.25, -0.2) is 9.97 Å². The highest BCUT2D eigenvalue weighted by atomic mass is 32.2. The van der Waals surface area contributed by atoms with Gasteiger partial charge in [0.05, 0.1) is 5.75 Å². The molecule has 4 heteroatoms. The lowest BCUT2D eigenvalue weighted by Gasteiger charge is -2.19. The standard InChI is InChI=1S/C14H20N2OS/c1-10-8-11(2)16-14(15-10)18-9-13(17)12-6-4-3-5-7-12/h8,12H,3-7,9H2,1-2H3. The van der Waals surface area contributed by atoms with Crippen LogP contribution in [0.25, 0.3) is 0 Å². The fourth-order valence-corrected chi connectivity index (χ4v) is 3.36. The van der Waals surface area contributed by atoms with Crippen LogP contribution in [0.3, 0.4) is 0 Å². The molecule has 0 spiro atoms. The average molecular weight is 264 g/mol. The second-order valence-electron chi connectivity index (χ2n) is 5.02. The van der Waals surface area contributed by atoms with Gasteiger partial charge >= 0.3 is 0 Å². The Morgan fingerprint density at radius 2 is 1.83 bits per heavy atom. The molecule has 1 heterocycles. The SMILES string of the molecule is Cc1cc(C)nc(SCC(=O)C2CCCCC2)n1. The first-order valence-electron chi connectivity index (χ1n) is 6.63. The van der Waals surface area contributed by atoms with Gasteiger partial charge in [0.1, 0.15) is 5.78 Å². The van der Waals surface area contributed by atoms with Crippen molar-refractivity contribution in [3.8, 4) is 0 Å². The van der Waals surface area contributed by atoms with Crippen LogP contribution >= 0.6 is 11.8 Å². The molecule has 2 rings (SSSR count). The maximum atomic E-state index is 12.1. The molecule has 98 valence electrons. The lowest BCUT2D eigenvalue weighted by atomic mass is 9.87. The number of thioether (sulfide) groups is 1. The molecule has 1 aliphatic rings. The molecular formula is C14H20N2OS. The number of aromatic nitrogens is 2. The van der Waals surface area contributed by atoms with Crippen LogP contribution in [-0.4, -0.2) is 21.5 Å². The highest BCUT2D eigenvalue weighted by molar-refractivity contribution is 7.99. The first-order chi connectivity index (χ1) is 8.65. The zero-order chi connectivity index (χ0) is 13.0. The minimum Gasteiger partial charge on any atom is -0.298 e. The quantitative estimate of drug-likeness (QED) is 0.618. The van der Waals surface area contributed by atoms with Crippen LogP contribution in [0, 0.1) is 19.8 Å². The Labute approximate surface area is 113 Å². The van der Waals surface area contributed by atoms with E-state index < -0.39 is 0 Å². The fraction of sp³-hybridized carbons (Fsp3) is 0.643. The Morgan fingerprint density at radius 1 is 1.22 bits per heavy atom. The van der Waals surface area contributed by atoms with Crippen molar-refractivity contribution in [2.24, 2.45) is 5.92 Å². The third-order valence-electron chi connectivity index (χ3n) is 3.37. The summed E-state index contributed by atoms with van der Waals surface area (Å²) in [6, 6.07) is 1.95. The van der Waals surface area contributed by atoms with Gasteiger partial charge in [0.25, 0.3) is 0 Å². The molecule has 0 amide bonds. The summed E-state index contributed by atoms with van der Waals surface area (Å²) in [6.07, 6.45) is 5.86. The number of aryl methyl sites for hydroxylation is 2. The maximum Gasteiger partial charge on any atom is 0.188 e. The number of carbonyl (C=O) groups excluding carboxylic acids is 1. The van der Waals surface area contributed by atoms with E-state index in [0.717, 1.165) is 29.4 Å². The van der Waals surface area contributed by atoms with E-state index in [9.17, 15) is 4.79 Å². The number of hydrogen-bond donors (Lipinski definition) is 0. The molecule has 1 fully saturated rings. The largest absolute Gasteiger partial charge is 0.298 e. The number of Topliss-reactive ketones (excluding diaryl/α,β-unsaturated/α-hetero) is 1. The molecule has 0 radical (unpaired) electrons. The summed E-state index contributed by atoms with van der Waals surface area (Å²) in [5, 5.41) is 0.733. The summed E-state index contributed by atoms with van der Waals surface area (Å²) in [4.78, 5) is 20.8. The lowest BCUT2D eigenvalue weighted by Crippen LogP contribution is -2.19. The third-order valence-corrected chi connectivity index (χ3v) is 4.24. The molecule has 1 aliphatic carbocycles. The van der Waals surface area contributed by atoms with Crippen LogP contribution in [-0.2, 0) is 4.79 Å². The number of hydrogen-bond acceptors (Lipinski definition) is 4. The summed E-state index contributed by atoms with van der Waals surface area (Å²) < 4.78 is 0. The first-order valence-corrected chi connectivity index (χ1v) is 7.61. The van der Waals surface area contributed by atoms with Crippen molar-refractivity contribution in [3.05, 3.63) is 17.5 Å². The fourth-order valence-electron chi connectivity index (χ4n) is 2.44. The zero-order valence-corrected chi connectivity index (χ0v) is 11.9. The van der Waals surface area contributed by atoms with Crippen molar-refractivity contribution in [1.82, 2.24) is 9.97 Å². The minimum atomic E-state index is 0.289. The van der Waals surface area contributed by atoms with Crippen molar-refractivity contribution >= 4 is 17.5 Å². The second-order valence-corrected chi connectivity index (χ2v) is 5.97. The van der Waals surface area contributed by atoms with Gasteiger partial charge in [-0.2, -0.15) is 0 Å². The van der Waals surface area contributed by atoms with Gasteiger partial charge < -0.3 is 0 Å². The Morgan fingerprint density at radius 3 is 2.44 bits per heavy atom. The summed E-state index contributed by atoms with van der Waals surface area (Å²) in [7, 11) is 0. The van der Waals surface area contributed by atoms with Crippen LogP contribution in [0.4, 0.5) is 0 Å². The molecule has 0 atom stereocenters. The summed E-state index contributed by atoms with van der Waals surface area (Å²) in [5.41, 5.74) is 1.94. The van der Waals surface area contributed by atoms with E-state index in [1.807, 2.05) is 19.9 Å². The Hall–Kier alpha value is -0.900. The van der Waals surface area contributed by atoms with Gasteiger partial charge in [0.2, 0.25) is 0 Å². The molecule has 0 aliphatic heterocycles. The molecular weight excluding hydrogens is 244 g/mol. The molecule has 1 aromatic heterocycles. The highest BCUT2D eigenvalue weighted by Crippen LogP contribution is 2.26. The van der Waals surface area contributed by atoms with Crippen molar-refractivity contribution in [3.63, 3.8) is 0 Å². The summed E-state index contributed by atoms with van der Waals surface area (Å²) in [5.74, 6) is 1.19. The van der Waals surface area contributed by atoms with Gasteiger partial charge in [0.15, 0.2) is 5.16 Å². The van der Waals surface area contributed by atoms with E-state index >= 15 is 0 Å². The van der Waals surface area contributed by atoms with Gasteiger partial charge in [-0.3, -0.25) is 4.79 Å². The molecule has 0 aromatic carbocycles. The van der Waals surface area contributed by atoms with Gasteiger partial charge in [-0.05, 0) is 32.8 Å². The van der Waals surface area contributed by atoms with E-state index in [1.54, 1.807) is 0 Å². The number of carbonyl (C=O) groups is 1. The van der Waals surface area contributed by atoms with E-state index in [2.05, 4.69) is 9.97 Å². The van der Waals surface area contributed by atoms with Crippen LogP contribution in [0.5, 0.6) is 0 Å². The smallest absolute Gasteiger partial charge is 0.188 e. The average Bonchev–Trinajstić information content (AvgIpc) is 2.36. The maximum absolute atomic E-state index is 12.1. The van der Waals surface area contributed by atoms with E-state index in [-0.39, 0.29) is 5.92 Å². The molecule has 0 unspecified atom stereocenters. The summed E-state index contributed by atoms with van der Waals surface area (Å²) >= 11 is 1.48. The van der Waals surface area contributed by atoms with E-state index in [4.69, 9.17) is 0 Å². The normalized spacial score (nSPS) is 16.8. The van der Waals surface area contributed by atoms with E-state index in [1.165, 1.54) is 31.0 Å². The molecule has 18 heavy (non-hydrogen) atoms. The Kier molecular flexibility index (Phi) is 4.75. The Balaban J connectivity index is 1.88. The van der Waals surface area contributed by atoms with Crippen molar-refractivity contribution in [1.29, 1.82) is 0 Å². The predicted octanol–water partition coefficient (Wildman–Crippen LogP) is 3.33. The molecule has 1 saturated carbocycles. The molecule has 0 bridgehead atoms. The van der Waals surface area contributed by atoms with Crippen LogP contribution in [0.15, 0.2) is 11.2 Å². The van der Waals surface area contributed by atoms with Gasteiger partial charge in [-0.1, -0.05) is 31.0 Å².